The Morgan fingerprint density at radius 2 is 1.91 bits per heavy atom. The van der Waals surface area contributed by atoms with Crippen LogP contribution in [0.25, 0.3) is 0 Å². The van der Waals surface area contributed by atoms with Crippen molar-refractivity contribution in [3.63, 3.8) is 0 Å². The number of hydrogen-bond acceptors (Lipinski definition) is 4. The first-order valence-corrected chi connectivity index (χ1v) is 7.90. The van der Waals surface area contributed by atoms with Crippen molar-refractivity contribution in [3.8, 4) is 11.5 Å². The summed E-state index contributed by atoms with van der Waals surface area (Å²) in [7, 11) is 0. The Bertz CT molecular complexity index is 688. The molecule has 2 aliphatic heterocycles. The van der Waals surface area contributed by atoms with Gasteiger partial charge in [0.2, 0.25) is 0 Å². The molecule has 1 aromatic carbocycles. The number of carbonyl (C=O) groups is 1. The van der Waals surface area contributed by atoms with Crippen LogP contribution in [0.2, 0.25) is 0 Å². The highest BCUT2D eigenvalue weighted by Gasteiger charge is 2.41. The Balaban J connectivity index is 1.63. The minimum Gasteiger partial charge on any atom is -0.455 e. The molecular formula is C18H18N2O3. The molecule has 2 saturated heterocycles. The fourth-order valence-corrected chi connectivity index (χ4v) is 3.37. The van der Waals surface area contributed by atoms with Gasteiger partial charge in [0.05, 0.1) is 37.1 Å². The number of rotatable bonds is 3. The molecular weight excluding hydrogens is 292 g/mol. The number of hydrogen-bond donors (Lipinski definition) is 0. The quantitative estimate of drug-likeness (QED) is 0.875. The van der Waals surface area contributed by atoms with Crippen LogP contribution >= 0.6 is 0 Å². The zero-order valence-electron chi connectivity index (χ0n) is 12.7. The van der Waals surface area contributed by atoms with Gasteiger partial charge in [-0.25, -0.2) is 0 Å². The molecule has 2 aliphatic rings. The van der Waals surface area contributed by atoms with Gasteiger partial charge in [0.15, 0.2) is 0 Å². The third-order valence-electron chi connectivity index (χ3n) is 4.45. The summed E-state index contributed by atoms with van der Waals surface area (Å²) in [5, 5.41) is 0. The van der Waals surface area contributed by atoms with E-state index in [4.69, 9.17) is 9.47 Å². The summed E-state index contributed by atoms with van der Waals surface area (Å²) >= 11 is 0. The molecule has 0 spiro atoms. The number of ether oxygens (including phenoxy) is 2. The second-order valence-electron chi connectivity index (χ2n) is 5.92. The SMILES string of the molecule is O=C(c1ccccc1Oc1cccnc1)N1C2CCC1COC2. The van der Waals surface area contributed by atoms with Crippen LogP contribution in [0, 0.1) is 0 Å². The average Bonchev–Trinajstić information content (AvgIpc) is 2.84. The molecule has 0 radical (unpaired) electrons. The first-order chi connectivity index (χ1) is 11.3. The van der Waals surface area contributed by atoms with Gasteiger partial charge in [0.25, 0.3) is 5.91 Å². The second kappa shape index (κ2) is 6.01. The molecule has 3 heterocycles. The molecule has 2 fully saturated rings. The maximum atomic E-state index is 13.0. The van der Waals surface area contributed by atoms with Crippen molar-refractivity contribution in [2.75, 3.05) is 13.2 Å². The van der Waals surface area contributed by atoms with E-state index in [1.807, 2.05) is 41.3 Å². The van der Waals surface area contributed by atoms with Gasteiger partial charge in [-0.05, 0) is 37.1 Å². The van der Waals surface area contributed by atoms with Crippen LogP contribution in [0.15, 0.2) is 48.8 Å². The summed E-state index contributed by atoms with van der Waals surface area (Å²) in [6, 6.07) is 11.4. The Morgan fingerprint density at radius 3 is 2.65 bits per heavy atom. The lowest BCUT2D eigenvalue weighted by Gasteiger charge is -2.35. The molecule has 2 atom stereocenters. The van der Waals surface area contributed by atoms with Crippen molar-refractivity contribution in [1.29, 1.82) is 0 Å². The Kier molecular flexibility index (Phi) is 3.71. The van der Waals surface area contributed by atoms with Crippen molar-refractivity contribution < 1.29 is 14.3 Å². The molecule has 0 aliphatic carbocycles. The monoisotopic (exact) mass is 310 g/mol. The maximum Gasteiger partial charge on any atom is 0.258 e. The van der Waals surface area contributed by atoms with Crippen molar-refractivity contribution in [3.05, 3.63) is 54.4 Å². The lowest BCUT2D eigenvalue weighted by molar-refractivity contribution is -0.00727. The number of nitrogens with zero attached hydrogens (tertiary/aromatic N) is 2. The van der Waals surface area contributed by atoms with Crippen LogP contribution in [-0.2, 0) is 4.74 Å². The second-order valence-corrected chi connectivity index (χ2v) is 5.92. The highest BCUT2D eigenvalue weighted by Crippen LogP contribution is 2.33. The number of pyridine rings is 1. The smallest absolute Gasteiger partial charge is 0.258 e. The van der Waals surface area contributed by atoms with E-state index >= 15 is 0 Å². The van der Waals surface area contributed by atoms with Crippen LogP contribution in [0.5, 0.6) is 11.5 Å². The van der Waals surface area contributed by atoms with Crippen molar-refractivity contribution in [2.24, 2.45) is 0 Å². The molecule has 0 N–H and O–H groups in total. The van der Waals surface area contributed by atoms with Gasteiger partial charge in [-0.1, -0.05) is 12.1 Å². The zero-order chi connectivity index (χ0) is 15.6. The maximum absolute atomic E-state index is 13.0. The summed E-state index contributed by atoms with van der Waals surface area (Å²) in [6.07, 6.45) is 5.36. The van der Waals surface area contributed by atoms with Crippen LogP contribution in [0.4, 0.5) is 0 Å². The Labute approximate surface area is 134 Å². The zero-order valence-corrected chi connectivity index (χ0v) is 12.7. The molecule has 1 aromatic heterocycles. The molecule has 2 unspecified atom stereocenters. The number of morpholine rings is 1. The summed E-state index contributed by atoms with van der Waals surface area (Å²) < 4.78 is 11.4. The third-order valence-corrected chi connectivity index (χ3v) is 4.45. The van der Waals surface area contributed by atoms with Crippen molar-refractivity contribution >= 4 is 5.91 Å². The van der Waals surface area contributed by atoms with Crippen LogP contribution in [-0.4, -0.2) is 41.1 Å². The molecule has 2 bridgehead atoms. The number of carbonyl (C=O) groups excluding carboxylic acids is 1. The highest BCUT2D eigenvalue weighted by molar-refractivity contribution is 5.97. The average molecular weight is 310 g/mol. The van der Waals surface area contributed by atoms with Gasteiger partial charge in [0, 0.05) is 6.20 Å². The van der Waals surface area contributed by atoms with E-state index in [-0.39, 0.29) is 18.0 Å². The molecule has 0 saturated carbocycles. The van der Waals surface area contributed by atoms with Crippen LogP contribution in [0.3, 0.4) is 0 Å². The largest absolute Gasteiger partial charge is 0.455 e. The molecule has 5 nitrogen and oxygen atoms in total. The molecule has 5 heteroatoms. The van der Waals surface area contributed by atoms with E-state index in [2.05, 4.69) is 4.98 Å². The first-order valence-electron chi connectivity index (χ1n) is 7.90. The van der Waals surface area contributed by atoms with Gasteiger partial charge >= 0.3 is 0 Å². The molecule has 2 aromatic rings. The Morgan fingerprint density at radius 1 is 1.13 bits per heavy atom. The number of para-hydroxylation sites is 1. The van der Waals surface area contributed by atoms with E-state index in [0.29, 0.717) is 30.3 Å². The first kappa shape index (κ1) is 14.2. The lowest BCUT2D eigenvalue weighted by Crippen LogP contribution is -2.49. The fraction of sp³-hybridized carbons (Fsp3) is 0.333. The normalized spacial score (nSPS) is 22.9. The van der Waals surface area contributed by atoms with Crippen molar-refractivity contribution in [2.45, 2.75) is 24.9 Å². The fourth-order valence-electron chi connectivity index (χ4n) is 3.37. The van der Waals surface area contributed by atoms with Gasteiger partial charge in [-0.2, -0.15) is 0 Å². The molecule has 23 heavy (non-hydrogen) atoms. The minimum atomic E-state index is 0.0280. The summed E-state index contributed by atoms with van der Waals surface area (Å²) in [5.74, 6) is 1.22. The highest BCUT2D eigenvalue weighted by atomic mass is 16.5. The predicted molar refractivity (Wildman–Crippen MR) is 84.6 cm³/mol. The molecule has 4 rings (SSSR count). The topological polar surface area (TPSA) is 51.7 Å². The van der Waals surface area contributed by atoms with Crippen LogP contribution < -0.4 is 4.74 Å². The number of aromatic nitrogens is 1. The standard InChI is InChI=1S/C18H18N2O3/c21-18(20-13-7-8-14(20)12-22-11-13)16-5-1-2-6-17(16)23-15-4-3-9-19-10-15/h1-6,9-10,13-14H,7-8,11-12H2. The van der Waals surface area contributed by atoms with Crippen molar-refractivity contribution in [1.82, 2.24) is 9.88 Å². The predicted octanol–water partition coefficient (Wildman–Crippen LogP) is 2.88. The van der Waals surface area contributed by atoms with Gasteiger partial charge < -0.3 is 14.4 Å². The number of amides is 1. The van der Waals surface area contributed by atoms with Gasteiger partial charge in [-0.3, -0.25) is 9.78 Å². The molecule has 118 valence electrons. The Hall–Kier alpha value is -2.40. The van der Waals surface area contributed by atoms with E-state index in [0.717, 1.165) is 12.8 Å². The summed E-state index contributed by atoms with van der Waals surface area (Å²) in [5.41, 5.74) is 0.593. The number of benzene rings is 1. The lowest BCUT2D eigenvalue weighted by atomic mass is 10.1. The van der Waals surface area contributed by atoms with E-state index in [9.17, 15) is 4.79 Å². The van der Waals surface area contributed by atoms with Gasteiger partial charge in [0.1, 0.15) is 11.5 Å². The van der Waals surface area contributed by atoms with E-state index in [1.165, 1.54) is 0 Å². The van der Waals surface area contributed by atoms with Crippen LogP contribution in [0.1, 0.15) is 23.2 Å². The minimum absolute atomic E-state index is 0.0280. The number of fused-ring (bicyclic) bond motifs is 2. The molecule has 1 amide bonds. The van der Waals surface area contributed by atoms with E-state index < -0.39 is 0 Å². The third kappa shape index (κ3) is 2.68. The summed E-state index contributed by atoms with van der Waals surface area (Å²) in [4.78, 5) is 19.1. The summed E-state index contributed by atoms with van der Waals surface area (Å²) in [6.45, 7) is 1.27. The van der Waals surface area contributed by atoms with Gasteiger partial charge in [-0.15, -0.1) is 0 Å². The van der Waals surface area contributed by atoms with E-state index in [1.54, 1.807) is 12.4 Å².